The molecule has 0 spiro atoms. The van der Waals surface area contributed by atoms with E-state index in [4.69, 9.17) is 5.73 Å². The zero-order valence-electron chi connectivity index (χ0n) is 12.5. The Hall–Kier alpha value is -0.490. The van der Waals surface area contributed by atoms with Crippen molar-refractivity contribution in [2.45, 2.75) is 13.3 Å². The van der Waals surface area contributed by atoms with Gasteiger partial charge in [-0.1, -0.05) is 6.92 Å². The van der Waals surface area contributed by atoms with Gasteiger partial charge in [-0.05, 0) is 21.1 Å². The normalized spacial score (nSPS) is 11.8. The predicted molar refractivity (Wildman–Crippen MR) is 76.8 cm³/mol. The zero-order valence-corrected chi connectivity index (χ0v) is 12.5. The molecule has 0 aromatic rings. The van der Waals surface area contributed by atoms with Crippen LogP contribution < -0.4 is 5.73 Å². The number of carbonyl (C=O) groups excluding carboxylic acids is 1. The van der Waals surface area contributed by atoms with E-state index in [2.05, 4.69) is 28.8 Å². The van der Waals surface area contributed by atoms with Crippen LogP contribution >= 0.6 is 0 Å². The van der Waals surface area contributed by atoms with E-state index in [1.165, 1.54) is 0 Å². The molecule has 0 rings (SSSR count). The summed E-state index contributed by atoms with van der Waals surface area (Å²) < 4.78 is 0. The third-order valence-corrected chi connectivity index (χ3v) is 3.08. The van der Waals surface area contributed by atoms with E-state index < -0.39 is 0 Å². The number of carbonyl (C=O) groups is 1. The van der Waals surface area contributed by atoms with Crippen LogP contribution in [0.4, 0.5) is 0 Å². The molecular formula is C13H30N4O. The summed E-state index contributed by atoms with van der Waals surface area (Å²) in [7, 11) is 6.21. The summed E-state index contributed by atoms with van der Waals surface area (Å²) in [6.45, 7) is 8.12. The summed E-state index contributed by atoms with van der Waals surface area (Å²) in [6, 6.07) is 0. The Balaban J connectivity index is 3.63. The van der Waals surface area contributed by atoms with Crippen LogP contribution in [0.3, 0.4) is 0 Å². The minimum absolute atomic E-state index is 0.308. The second kappa shape index (κ2) is 10.4. The number of rotatable bonds is 11. The summed E-state index contributed by atoms with van der Waals surface area (Å²) in [5, 5.41) is 0. The van der Waals surface area contributed by atoms with Crippen LogP contribution in [0.1, 0.15) is 13.3 Å². The number of Topliss-reactive ketones (excluding diaryl/α,β-unsaturated/α-hetero) is 1. The van der Waals surface area contributed by atoms with Gasteiger partial charge in [0, 0.05) is 45.7 Å². The maximum absolute atomic E-state index is 11.3. The quantitative estimate of drug-likeness (QED) is 0.552. The lowest BCUT2D eigenvalue weighted by Crippen LogP contribution is -2.38. The minimum atomic E-state index is 0.308. The summed E-state index contributed by atoms with van der Waals surface area (Å²) in [5.74, 6) is 0.308. The molecule has 0 bridgehead atoms. The molecule has 0 atom stereocenters. The first kappa shape index (κ1) is 17.5. The van der Waals surface area contributed by atoms with E-state index in [1.54, 1.807) is 0 Å². The molecule has 2 N–H and O–H groups in total. The van der Waals surface area contributed by atoms with Gasteiger partial charge in [0.1, 0.15) is 5.78 Å². The summed E-state index contributed by atoms with van der Waals surface area (Å²) >= 11 is 0. The smallest absolute Gasteiger partial charge is 0.146 e. The van der Waals surface area contributed by atoms with Gasteiger partial charge in [-0.2, -0.15) is 0 Å². The molecule has 0 amide bonds. The van der Waals surface area contributed by atoms with E-state index in [1.807, 2.05) is 14.0 Å². The molecule has 0 saturated heterocycles. The molecule has 5 nitrogen and oxygen atoms in total. The molecule has 0 aromatic heterocycles. The maximum Gasteiger partial charge on any atom is 0.146 e. The lowest BCUT2D eigenvalue weighted by molar-refractivity contribution is -0.119. The number of hydrogen-bond donors (Lipinski definition) is 1. The van der Waals surface area contributed by atoms with Crippen molar-refractivity contribution in [1.82, 2.24) is 14.7 Å². The third-order valence-electron chi connectivity index (χ3n) is 3.08. The lowest BCUT2D eigenvalue weighted by atomic mass is 10.3. The van der Waals surface area contributed by atoms with E-state index in [-0.39, 0.29) is 0 Å². The van der Waals surface area contributed by atoms with Gasteiger partial charge < -0.3 is 15.5 Å². The van der Waals surface area contributed by atoms with Crippen LogP contribution in [0.25, 0.3) is 0 Å². The molecule has 0 heterocycles. The lowest BCUT2D eigenvalue weighted by Gasteiger charge is -2.24. The second-order valence-corrected chi connectivity index (χ2v) is 5.03. The van der Waals surface area contributed by atoms with Gasteiger partial charge in [-0.25, -0.2) is 0 Å². The molecule has 0 aliphatic carbocycles. The van der Waals surface area contributed by atoms with Crippen molar-refractivity contribution in [1.29, 1.82) is 0 Å². The van der Waals surface area contributed by atoms with Crippen LogP contribution in [0.15, 0.2) is 0 Å². The summed E-state index contributed by atoms with van der Waals surface area (Å²) in [6.07, 6.45) is 0.629. The fraction of sp³-hybridized carbons (Fsp3) is 0.923. The predicted octanol–water partition coefficient (Wildman–Crippen LogP) is -0.280. The Morgan fingerprint density at radius 2 is 1.33 bits per heavy atom. The molecule has 0 fully saturated rings. The van der Waals surface area contributed by atoms with Crippen molar-refractivity contribution in [3.63, 3.8) is 0 Å². The maximum atomic E-state index is 11.3. The van der Waals surface area contributed by atoms with Crippen LogP contribution in [0.2, 0.25) is 0 Å². The molecule has 0 aromatic carbocycles. The van der Waals surface area contributed by atoms with Crippen molar-refractivity contribution in [2.75, 3.05) is 67.0 Å². The number of hydrogen-bond acceptors (Lipinski definition) is 5. The molecule has 0 radical (unpaired) electrons. The zero-order chi connectivity index (χ0) is 14.0. The molecular weight excluding hydrogens is 228 g/mol. The average Bonchev–Trinajstić information content (AvgIpc) is 2.34. The average molecular weight is 258 g/mol. The van der Waals surface area contributed by atoms with Crippen LogP contribution in [0, 0.1) is 0 Å². The topological polar surface area (TPSA) is 52.8 Å². The van der Waals surface area contributed by atoms with Gasteiger partial charge in [0.05, 0.1) is 6.54 Å². The number of likely N-dealkylation sites (N-methyl/N-ethyl adjacent to an activating group) is 3. The SMILES string of the molecule is CCC(=O)CN(C)CCN(C)CCN(C)CCN. The molecule has 0 saturated carbocycles. The van der Waals surface area contributed by atoms with Crippen molar-refractivity contribution >= 4 is 5.78 Å². The van der Waals surface area contributed by atoms with Gasteiger partial charge in [-0.3, -0.25) is 9.69 Å². The minimum Gasteiger partial charge on any atom is -0.329 e. The highest BCUT2D eigenvalue weighted by molar-refractivity contribution is 5.80. The molecule has 5 heteroatoms. The van der Waals surface area contributed by atoms with Crippen molar-refractivity contribution in [3.8, 4) is 0 Å². The van der Waals surface area contributed by atoms with Crippen molar-refractivity contribution < 1.29 is 4.79 Å². The second-order valence-electron chi connectivity index (χ2n) is 5.03. The summed E-state index contributed by atoms with van der Waals surface area (Å²) in [4.78, 5) is 17.9. The van der Waals surface area contributed by atoms with E-state index in [0.717, 1.165) is 32.7 Å². The van der Waals surface area contributed by atoms with Crippen LogP contribution in [-0.4, -0.2) is 87.4 Å². The summed E-state index contributed by atoms with van der Waals surface area (Å²) in [5.41, 5.74) is 5.50. The van der Waals surface area contributed by atoms with Gasteiger partial charge >= 0.3 is 0 Å². The third kappa shape index (κ3) is 9.53. The Bertz CT molecular complexity index is 223. The van der Waals surface area contributed by atoms with Crippen molar-refractivity contribution in [2.24, 2.45) is 5.73 Å². The van der Waals surface area contributed by atoms with E-state index >= 15 is 0 Å². The monoisotopic (exact) mass is 258 g/mol. The highest BCUT2D eigenvalue weighted by atomic mass is 16.1. The number of nitrogens with zero attached hydrogens (tertiary/aromatic N) is 3. The molecule has 0 unspecified atom stereocenters. The molecule has 0 aliphatic rings. The Labute approximate surface area is 112 Å². The Morgan fingerprint density at radius 1 is 0.889 bits per heavy atom. The van der Waals surface area contributed by atoms with E-state index in [0.29, 0.717) is 25.3 Å². The van der Waals surface area contributed by atoms with E-state index in [9.17, 15) is 4.79 Å². The first-order valence-corrected chi connectivity index (χ1v) is 6.77. The largest absolute Gasteiger partial charge is 0.329 e. The fourth-order valence-electron chi connectivity index (χ4n) is 1.62. The Morgan fingerprint density at radius 3 is 1.78 bits per heavy atom. The van der Waals surface area contributed by atoms with Gasteiger partial charge in [0.2, 0.25) is 0 Å². The van der Waals surface area contributed by atoms with Crippen molar-refractivity contribution in [3.05, 3.63) is 0 Å². The Kier molecular flexibility index (Phi) is 10.2. The molecule has 0 aliphatic heterocycles. The highest BCUT2D eigenvalue weighted by Gasteiger charge is 2.06. The molecule has 108 valence electrons. The van der Waals surface area contributed by atoms with Crippen LogP contribution in [0.5, 0.6) is 0 Å². The van der Waals surface area contributed by atoms with Crippen LogP contribution in [-0.2, 0) is 4.79 Å². The standard InChI is InChI=1S/C13H30N4O/c1-5-13(18)12-17(4)11-10-16(3)9-8-15(2)7-6-14/h5-12,14H2,1-4H3. The first-order chi connectivity index (χ1) is 8.49. The van der Waals surface area contributed by atoms with Gasteiger partial charge in [-0.15, -0.1) is 0 Å². The van der Waals surface area contributed by atoms with Gasteiger partial charge in [0.15, 0.2) is 0 Å². The number of nitrogens with two attached hydrogens (primary N) is 1. The highest BCUT2D eigenvalue weighted by Crippen LogP contribution is 1.91. The molecule has 18 heavy (non-hydrogen) atoms. The first-order valence-electron chi connectivity index (χ1n) is 6.77. The van der Waals surface area contributed by atoms with Gasteiger partial charge in [0.25, 0.3) is 0 Å². The number of ketones is 1. The fourth-order valence-corrected chi connectivity index (χ4v) is 1.62.